The number of fused-ring (bicyclic) bond motifs is 2. The van der Waals surface area contributed by atoms with Gasteiger partial charge >= 0.3 is 0 Å². The highest BCUT2D eigenvalue weighted by Gasteiger charge is 2.42. The monoisotopic (exact) mass is 458 g/mol. The maximum Gasteiger partial charge on any atom is 0.269 e. The molecule has 0 saturated heterocycles. The Balaban J connectivity index is 1.65. The molecule has 0 aliphatic carbocycles. The van der Waals surface area contributed by atoms with Crippen LogP contribution in [-0.2, 0) is 14.4 Å². The lowest BCUT2D eigenvalue weighted by molar-refractivity contribution is -0.162. The number of aromatic nitrogens is 1. The molecule has 2 heterocycles. The van der Waals surface area contributed by atoms with Crippen LogP contribution in [-0.4, -0.2) is 58.8 Å². The van der Waals surface area contributed by atoms with Crippen molar-refractivity contribution in [1.82, 2.24) is 14.9 Å². The van der Waals surface area contributed by atoms with Crippen LogP contribution in [0, 0.1) is 0 Å². The van der Waals surface area contributed by atoms with Crippen molar-refractivity contribution >= 4 is 40.2 Å². The first-order valence-electron chi connectivity index (χ1n) is 10.5. The molecular weight excluding hydrogens is 436 g/mol. The van der Waals surface area contributed by atoms with E-state index in [0.717, 1.165) is 15.3 Å². The quantitative estimate of drug-likeness (QED) is 0.331. The van der Waals surface area contributed by atoms with E-state index in [1.807, 2.05) is 12.1 Å². The first kappa shape index (κ1) is 22.8. The number of hydroxylamine groups is 2. The van der Waals surface area contributed by atoms with Gasteiger partial charge in [-0.1, -0.05) is 36.4 Å². The van der Waals surface area contributed by atoms with Crippen LogP contribution in [0.3, 0.4) is 0 Å². The molecular formula is C25H22N4O5. The van der Waals surface area contributed by atoms with E-state index in [2.05, 4.69) is 10.3 Å². The number of carbonyl (C=O) groups excluding carboxylic acids is 4. The molecule has 1 atom stereocenters. The third kappa shape index (κ3) is 4.28. The zero-order valence-electron chi connectivity index (χ0n) is 18.6. The van der Waals surface area contributed by atoms with Crippen LogP contribution < -0.4 is 5.32 Å². The highest BCUT2D eigenvalue weighted by Crippen LogP contribution is 2.27. The van der Waals surface area contributed by atoms with Crippen molar-refractivity contribution in [2.45, 2.75) is 12.5 Å². The van der Waals surface area contributed by atoms with Crippen LogP contribution in [0.25, 0.3) is 10.9 Å². The summed E-state index contributed by atoms with van der Waals surface area (Å²) in [6, 6.07) is 14.2. The van der Waals surface area contributed by atoms with Gasteiger partial charge in [0.2, 0.25) is 5.91 Å². The van der Waals surface area contributed by atoms with Gasteiger partial charge in [-0.05, 0) is 30.7 Å². The Morgan fingerprint density at radius 2 is 1.74 bits per heavy atom. The van der Waals surface area contributed by atoms with Crippen LogP contribution in [0.5, 0.6) is 0 Å². The molecule has 1 aliphatic heterocycles. The van der Waals surface area contributed by atoms with Gasteiger partial charge in [0.25, 0.3) is 17.7 Å². The predicted octanol–water partition coefficient (Wildman–Crippen LogP) is 2.80. The molecule has 9 nitrogen and oxygen atoms in total. The van der Waals surface area contributed by atoms with Crippen LogP contribution in [0.4, 0.5) is 5.69 Å². The van der Waals surface area contributed by atoms with Crippen LogP contribution >= 0.6 is 0 Å². The molecule has 0 unspecified atom stereocenters. The first-order chi connectivity index (χ1) is 16.4. The summed E-state index contributed by atoms with van der Waals surface area (Å²) in [6.45, 7) is 0. The predicted molar refractivity (Wildman–Crippen MR) is 125 cm³/mol. The van der Waals surface area contributed by atoms with E-state index in [0.29, 0.717) is 11.2 Å². The molecule has 0 bridgehead atoms. The van der Waals surface area contributed by atoms with Crippen molar-refractivity contribution < 1.29 is 24.0 Å². The van der Waals surface area contributed by atoms with E-state index in [1.165, 1.54) is 26.3 Å². The molecule has 172 valence electrons. The summed E-state index contributed by atoms with van der Waals surface area (Å²) in [6.07, 6.45) is 4.20. The molecule has 2 aromatic carbocycles. The van der Waals surface area contributed by atoms with Crippen molar-refractivity contribution in [3.63, 3.8) is 0 Å². The molecule has 0 fully saturated rings. The highest BCUT2D eigenvalue weighted by molar-refractivity contribution is 6.23. The van der Waals surface area contributed by atoms with Crippen molar-refractivity contribution in [2.24, 2.45) is 0 Å². The van der Waals surface area contributed by atoms with Crippen molar-refractivity contribution in [2.75, 3.05) is 19.5 Å². The number of para-hydroxylation sites is 1. The Morgan fingerprint density at radius 3 is 2.41 bits per heavy atom. The lowest BCUT2D eigenvalue weighted by Crippen LogP contribution is -2.47. The number of benzene rings is 2. The minimum absolute atomic E-state index is 0.0706. The average Bonchev–Trinajstić information content (AvgIpc) is 3.11. The lowest BCUT2D eigenvalue weighted by atomic mass is 10.1. The third-order valence-corrected chi connectivity index (χ3v) is 5.53. The lowest BCUT2D eigenvalue weighted by Gasteiger charge is -2.24. The molecule has 3 aromatic rings. The van der Waals surface area contributed by atoms with E-state index in [9.17, 15) is 19.2 Å². The van der Waals surface area contributed by atoms with Crippen LogP contribution in [0.1, 0.15) is 27.1 Å². The minimum atomic E-state index is -1.19. The number of amides is 4. The number of rotatable bonds is 7. The molecule has 0 saturated carbocycles. The van der Waals surface area contributed by atoms with Crippen molar-refractivity contribution in [3.05, 3.63) is 84.1 Å². The van der Waals surface area contributed by atoms with E-state index < -0.39 is 29.7 Å². The number of imide groups is 1. The molecule has 34 heavy (non-hydrogen) atoms. The summed E-state index contributed by atoms with van der Waals surface area (Å²) >= 11 is 0. The SMILES string of the molecule is CON(C)C(=O)/C=C/C[C@@H](C(=O)Nc1cccc2cccnc12)N1C(=O)c2ccccc2C1=O. The van der Waals surface area contributed by atoms with Crippen molar-refractivity contribution in [3.8, 4) is 0 Å². The third-order valence-electron chi connectivity index (χ3n) is 5.53. The molecule has 1 aliphatic rings. The number of anilines is 1. The standard InChI is InChI=1S/C25H22N4O5/c1-28(34-2)21(30)14-6-13-20(29-24(32)17-10-3-4-11-18(17)25(29)33)23(31)27-19-12-5-8-16-9-7-15-26-22(16)19/h3-12,14-15,20H,13H2,1-2H3,(H,27,31)/b14-6+/t20-/m0/s1. The molecule has 4 rings (SSSR count). The Bertz CT molecular complexity index is 1280. The van der Waals surface area contributed by atoms with Crippen LogP contribution in [0.15, 0.2) is 72.9 Å². The van der Waals surface area contributed by atoms with Gasteiger partial charge in [0, 0.05) is 24.7 Å². The maximum atomic E-state index is 13.4. The van der Waals surface area contributed by atoms with Gasteiger partial charge in [-0.25, -0.2) is 5.06 Å². The first-order valence-corrected chi connectivity index (χ1v) is 10.5. The Hall–Kier alpha value is -4.37. The highest BCUT2D eigenvalue weighted by atomic mass is 16.7. The van der Waals surface area contributed by atoms with Gasteiger partial charge in [0.1, 0.15) is 6.04 Å². The molecule has 1 aromatic heterocycles. The second-order valence-electron chi connectivity index (χ2n) is 7.57. The van der Waals surface area contributed by atoms with Gasteiger partial charge in [-0.3, -0.25) is 33.9 Å². The maximum absolute atomic E-state index is 13.4. The van der Waals surface area contributed by atoms with E-state index in [-0.39, 0.29) is 17.5 Å². The Morgan fingerprint density at radius 1 is 1.06 bits per heavy atom. The molecule has 9 heteroatoms. The number of likely N-dealkylation sites (N-methyl/N-ethyl adjacent to an activating group) is 1. The summed E-state index contributed by atoms with van der Waals surface area (Å²) in [5.41, 5.74) is 1.49. The minimum Gasteiger partial charge on any atom is -0.322 e. The van der Waals surface area contributed by atoms with E-state index in [4.69, 9.17) is 4.84 Å². The van der Waals surface area contributed by atoms with Gasteiger partial charge in [0.05, 0.1) is 29.4 Å². The Labute approximate surface area is 195 Å². The Kier molecular flexibility index (Phi) is 6.46. The van der Waals surface area contributed by atoms with Gasteiger partial charge in [-0.2, -0.15) is 0 Å². The molecule has 1 N–H and O–H groups in total. The van der Waals surface area contributed by atoms with Crippen molar-refractivity contribution in [1.29, 1.82) is 0 Å². The normalized spacial score (nSPS) is 13.9. The number of nitrogens with zero attached hydrogens (tertiary/aromatic N) is 3. The fraction of sp³-hybridized carbons (Fsp3) is 0.160. The fourth-order valence-corrected chi connectivity index (χ4v) is 3.73. The number of hydrogen-bond donors (Lipinski definition) is 1. The summed E-state index contributed by atoms with van der Waals surface area (Å²) in [7, 11) is 2.79. The van der Waals surface area contributed by atoms with Gasteiger partial charge < -0.3 is 5.32 Å². The second-order valence-corrected chi connectivity index (χ2v) is 7.57. The topological polar surface area (TPSA) is 109 Å². The zero-order valence-corrected chi connectivity index (χ0v) is 18.6. The number of hydrogen-bond acceptors (Lipinski definition) is 6. The van der Waals surface area contributed by atoms with E-state index in [1.54, 1.807) is 48.7 Å². The summed E-state index contributed by atoms with van der Waals surface area (Å²) < 4.78 is 0. The van der Waals surface area contributed by atoms with Gasteiger partial charge in [0.15, 0.2) is 0 Å². The fourth-order valence-electron chi connectivity index (χ4n) is 3.73. The van der Waals surface area contributed by atoms with Crippen LogP contribution in [0.2, 0.25) is 0 Å². The second kappa shape index (κ2) is 9.63. The zero-order chi connectivity index (χ0) is 24.2. The summed E-state index contributed by atoms with van der Waals surface area (Å²) in [5, 5.41) is 4.63. The molecule has 0 radical (unpaired) electrons. The number of pyridine rings is 1. The largest absolute Gasteiger partial charge is 0.322 e. The average molecular weight is 458 g/mol. The summed E-state index contributed by atoms with van der Waals surface area (Å²) in [4.78, 5) is 61.7. The number of carbonyl (C=O) groups is 4. The number of nitrogens with one attached hydrogen (secondary N) is 1. The summed E-state index contributed by atoms with van der Waals surface area (Å²) in [5.74, 6) is -2.16. The van der Waals surface area contributed by atoms with E-state index >= 15 is 0 Å². The molecule has 4 amide bonds. The smallest absolute Gasteiger partial charge is 0.269 e. The molecule has 0 spiro atoms. The van der Waals surface area contributed by atoms with Gasteiger partial charge in [-0.15, -0.1) is 0 Å².